The zero-order valence-electron chi connectivity index (χ0n) is 13.0. The maximum Gasteiger partial charge on any atom is 0.285 e. The molecule has 2 aliphatic rings. The lowest BCUT2D eigenvalue weighted by atomic mass is 9.84. The number of nitro benzene ring substituents is 1. The van der Waals surface area contributed by atoms with Crippen molar-refractivity contribution in [3.8, 4) is 0 Å². The normalized spacial score (nSPS) is 27.6. The highest BCUT2D eigenvalue weighted by atomic mass is 16.6. The van der Waals surface area contributed by atoms with Crippen molar-refractivity contribution in [3.63, 3.8) is 0 Å². The van der Waals surface area contributed by atoms with Gasteiger partial charge in [-0.15, -0.1) is 0 Å². The van der Waals surface area contributed by atoms with E-state index in [0.717, 1.165) is 5.92 Å². The van der Waals surface area contributed by atoms with Crippen LogP contribution in [0.5, 0.6) is 0 Å². The smallest absolute Gasteiger partial charge is 0.285 e. The molecule has 0 spiro atoms. The summed E-state index contributed by atoms with van der Waals surface area (Å²) in [5, 5.41) is 14.2. The van der Waals surface area contributed by atoms with Crippen LogP contribution in [-0.2, 0) is 0 Å². The third kappa shape index (κ3) is 2.60. The van der Waals surface area contributed by atoms with Gasteiger partial charge in [0.2, 0.25) is 0 Å². The van der Waals surface area contributed by atoms with E-state index in [1.807, 2.05) is 6.92 Å². The van der Waals surface area contributed by atoms with E-state index in [-0.39, 0.29) is 23.2 Å². The SMILES string of the molecule is Cc1cccc(C(=O)N[C@@H](C)[C@H]2C[C@@H]3CC[C@@H]2C3)c1[N+](=O)[O-]. The number of para-hydroxylation sites is 1. The molecule has 0 heterocycles. The van der Waals surface area contributed by atoms with Gasteiger partial charge in [0.15, 0.2) is 0 Å². The van der Waals surface area contributed by atoms with Crippen LogP contribution in [0.1, 0.15) is 48.5 Å². The van der Waals surface area contributed by atoms with Gasteiger partial charge in [-0.2, -0.15) is 0 Å². The summed E-state index contributed by atoms with van der Waals surface area (Å²) in [6, 6.07) is 4.96. The maximum atomic E-state index is 12.5. The van der Waals surface area contributed by atoms with Crippen molar-refractivity contribution < 1.29 is 9.72 Å². The molecule has 5 nitrogen and oxygen atoms in total. The summed E-state index contributed by atoms with van der Waals surface area (Å²) in [6.07, 6.45) is 5.06. The number of nitrogens with one attached hydrogen (secondary N) is 1. The molecule has 0 aromatic heterocycles. The van der Waals surface area contributed by atoms with Gasteiger partial charge >= 0.3 is 0 Å². The molecule has 0 saturated heterocycles. The Labute approximate surface area is 130 Å². The summed E-state index contributed by atoms with van der Waals surface area (Å²) < 4.78 is 0. The molecule has 1 N–H and O–H groups in total. The van der Waals surface area contributed by atoms with Gasteiger partial charge in [0, 0.05) is 11.6 Å². The van der Waals surface area contributed by atoms with Crippen LogP contribution >= 0.6 is 0 Å². The van der Waals surface area contributed by atoms with Crippen LogP contribution in [0.2, 0.25) is 0 Å². The predicted molar refractivity (Wildman–Crippen MR) is 83.7 cm³/mol. The Morgan fingerprint density at radius 3 is 2.73 bits per heavy atom. The Morgan fingerprint density at radius 2 is 2.14 bits per heavy atom. The number of nitro groups is 1. The topological polar surface area (TPSA) is 72.2 Å². The van der Waals surface area contributed by atoms with Crippen molar-refractivity contribution in [2.24, 2.45) is 17.8 Å². The minimum Gasteiger partial charge on any atom is -0.349 e. The maximum absolute atomic E-state index is 12.5. The molecular weight excluding hydrogens is 280 g/mol. The highest BCUT2D eigenvalue weighted by molar-refractivity contribution is 5.98. The highest BCUT2D eigenvalue weighted by Gasteiger charge is 2.42. The van der Waals surface area contributed by atoms with Crippen molar-refractivity contribution in [2.45, 2.75) is 45.6 Å². The molecule has 22 heavy (non-hydrogen) atoms. The van der Waals surface area contributed by atoms with Crippen molar-refractivity contribution in [2.75, 3.05) is 0 Å². The van der Waals surface area contributed by atoms with Crippen LogP contribution in [-0.4, -0.2) is 16.9 Å². The summed E-state index contributed by atoms with van der Waals surface area (Å²) in [4.78, 5) is 23.2. The van der Waals surface area contributed by atoms with Crippen LogP contribution in [0.25, 0.3) is 0 Å². The number of carbonyl (C=O) groups is 1. The summed E-state index contributed by atoms with van der Waals surface area (Å²) >= 11 is 0. The van der Waals surface area contributed by atoms with Crippen molar-refractivity contribution in [3.05, 3.63) is 39.4 Å². The molecule has 2 bridgehead atoms. The molecular formula is C17H22N2O3. The van der Waals surface area contributed by atoms with Crippen LogP contribution < -0.4 is 5.32 Å². The standard InChI is InChI=1S/C17H22N2O3/c1-10-4-3-5-14(16(10)19(21)22)17(20)18-11(2)15-9-12-6-7-13(15)8-12/h3-5,11-13,15H,6-9H2,1-2H3,(H,18,20)/t11-,12+,13+,15+/m0/s1. The van der Waals surface area contributed by atoms with Crippen molar-refractivity contribution in [1.29, 1.82) is 0 Å². The lowest BCUT2D eigenvalue weighted by Gasteiger charge is -2.28. The summed E-state index contributed by atoms with van der Waals surface area (Å²) in [7, 11) is 0. The third-order valence-corrected chi connectivity index (χ3v) is 5.46. The quantitative estimate of drug-likeness (QED) is 0.684. The Kier molecular flexibility index (Phi) is 3.89. The minimum absolute atomic E-state index is 0.0721. The average molecular weight is 302 g/mol. The number of rotatable bonds is 4. The number of amides is 1. The second-order valence-electron chi connectivity index (χ2n) is 6.83. The Balaban J connectivity index is 1.75. The highest BCUT2D eigenvalue weighted by Crippen LogP contribution is 2.49. The third-order valence-electron chi connectivity index (χ3n) is 5.46. The second kappa shape index (κ2) is 5.71. The predicted octanol–water partition coefficient (Wildman–Crippen LogP) is 3.46. The molecule has 1 amide bonds. The zero-order valence-corrected chi connectivity index (χ0v) is 13.0. The van der Waals surface area contributed by atoms with E-state index < -0.39 is 4.92 Å². The monoisotopic (exact) mass is 302 g/mol. The van der Waals surface area contributed by atoms with Crippen molar-refractivity contribution in [1.82, 2.24) is 5.32 Å². The first-order valence-electron chi connectivity index (χ1n) is 8.02. The van der Waals surface area contributed by atoms with Crippen LogP contribution in [0.15, 0.2) is 18.2 Å². The number of hydrogen-bond acceptors (Lipinski definition) is 3. The van der Waals surface area contributed by atoms with Gasteiger partial charge < -0.3 is 5.32 Å². The zero-order chi connectivity index (χ0) is 15.9. The molecule has 2 aliphatic carbocycles. The molecule has 1 aromatic rings. The lowest BCUT2D eigenvalue weighted by Crippen LogP contribution is -2.40. The Hall–Kier alpha value is -1.91. The van der Waals surface area contributed by atoms with E-state index in [4.69, 9.17) is 0 Å². The van der Waals surface area contributed by atoms with Crippen LogP contribution in [0.3, 0.4) is 0 Å². The van der Waals surface area contributed by atoms with Crippen molar-refractivity contribution >= 4 is 11.6 Å². The molecule has 1 aromatic carbocycles. The number of aryl methyl sites for hydroxylation is 1. The first-order valence-corrected chi connectivity index (χ1v) is 8.02. The Bertz CT molecular complexity index is 614. The largest absolute Gasteiger partial charge is 0.349 e. The Morgan fingerprint density at radius 1 is 1.36 bits per heavy atom. The van der Waals surface area contributed by atoms with Gasteiger partial charge in [-0.05, 0) is 56.9 Å². The van der Waals surface area contributed by atoms with Gasteiger partial charge in [0.25, 0.3) is 11.6 Å². The van der Waals surface area contributed by atoms with Gasteiger partial charge in [-0.25, -0.2) is 0 Å². The molecule has 0 radical (unpaired) electrons. The number of carbonyl (C=O) groups excluding carboxylic acids is 1. The number of hydrogen-bond donors (Lipinski definition) is 1. The molecule has 118 valence electrons. The van der Waals surface area contributed by atoms with E-state index >= 15 is 0 Å². The summed E-state index contributed by atoms with van der Waals surface area (Å²) in [5.74, 6) is 1.73. The number of benzene rings is 1. The fraction of sp³-hybridized carbons (Fsp3) is 0.588. The van der Waals surface area contributed by atoms with Crippen LogP contribution in [0, 0.1) is 34.8 Å². The molecule has 3 rings (SSSR count). The molecule has 0 aliphatic heterocycles. The molecule has 4 atom stereocenters. The first kappa shape index (κ1) is 15.0. The fourth-order valence-corrected chi connectivity index (χ4v) is 4.38. The molecule has 5 heteroatoms. The molecule has 0 unspecified atom stereocenters. The van der Waals surface area contributed by atoms with E-state index in [2.05, 4.69) is 5.32 Å². The van der Waals surface area contributed by atoms with Crippen LogP contribution in [0.4, 0.5) is 5.69 Å². The number of nitrogens with zero attached hydrogens (tertiary/aromatic N) is 1. The van der Waals surface area contributed by atoms with Gasteiger partial charge in [0.1, 0.15) is 5.56 Å². The first-order chi connectivity index (χ1) is 10.5. The van der Waals surface area contributed by atoms with Gasteiger partial charge in [-0.3, -0.25) is 14.9 Å². The number of fused-ring (bicyclic) bond motifs is 2. The van der Waals surface area contributed by atoms with Gasteiger partial charge in [-0.1, -0.05) is 18.6 Å². The van der Waals surface area contributed by atoms with E-state index in [9.17, 15) is 14.9 Å². The molecule has 2 fully saturated rings. The van der Waals surface area contributed by atoms with Gasteiger partial charge in [0.05, 0.1) is 4.92 Å². The average Bonchev–Trinajstić information content (AvgIpc) is 3.09. The second-order valence-corrected chi connectivity index (χ2v) is 6.83. The molecule has 2 saturated carbocycles. The van der Waals surface area contributed by atoms with E-state index in [0.29, 0.717) is 17.4 Å². The van der Waals surface area contributed by atoms with E-state index in [1.54, 1.807) is 19.1 Å². The lowest BCUT2D eigenvalue weighted by molar-refractivity contribution is -0.385. The fourth-order valence-electron chi connectivity index (χ4n) is 4.38. The van der Waals surface area contributed by atoms with E-state index in [1.165, 1.54) is 31.7 Å². The minimum atomic E-state index is -0.466. The summed E-state index contributed by atoms with van der Waals surface area (Å²) in [5.41, 5.74) is 0.602. The summed E-state index contributed by atoms with van der Waals surface area (Å²) in [6.45, 7) is 3.69.